The highest BCUT2D eigenvalue weighted by atomic mass is 16.5. The van der Waals surface area contributed by atoms with Crippen molar-refractivity contribution in [2.75, 3.05) is 33.9 Å². The highest BCUT2D eigenvalue weighted by Crippen LogP contribution is 2.19. The summed E-state index contributed by atoms with van der Waals surface area (Å²) in [5, 5.41) is 3.16. The van der Waals surface area contributed by atoms with Crippen LogP contribution in [-0.4, -0.2) is 50.8 Å². The molecule has 1 amide bonds. The highest BCUT2D eigenvalue weighted by molar-refractivity contribution is 5.80. The van der Waals surface area contributed by atoms with Gasteiger partial charge in [0.2, 0.25) is 5.91 Å². The molecule has 5 heteroatoms. The van der Waals surface area contributed by atoms with E-state index >= 15 is 0 Å². The summed E-state index contributed by atoms with van der Waals surface area (Å²) in [6.07, 6.45) is 0. The van der Waals surface area contributed by atoms with Crippen molar-refractivity contribution in [3.63, 3.8) is 0 Å². The number of benzene rings is 1. The maximum absolute atomic E-state index is 12.7. The maximum atomic E-state index is 12.7. The molecule has 1 aromatic rings. The Labute approximate surface area is 126 Å². The van der Waals surface area contributed by atoms with E-state index in [4.69, 9.17) is 9.47 Å². The van der Waals surface area contributed by atoms with E-state index in [1.807, 2.05) is 43.1 Å². The third-order valence-corrected chi connectivity index (χ3v) is 3.99. The van der Waals surface area contributed by atoms with Crippen LogP contribution in [0.3, 0.4) is 0 Å². The molecule has 116 valence electrons. The summed E-state index contributed by atoms with van der Waals surface area (Å²) in [6.45, 7) is 4.42. The van der Waals surface area contributed by atoms with Crippen LogP contribution in [0.5, 0.6) is 5.75 Å². The molecular weight excluding hydrogens is 268 g/mol. The van der Waals surface area contributed by atoms with Crippen molar-refractivity contribution >= 4 is 5.91 Å². The number of ether oxygens (including phenoxy) is 2. The van der Waals surface area contributed by atoms with Gasteiger partial charge in [-0.15, -0.1) is 0 Å². The Kier molecular flexibility index (Phi) is 5.59. The summed E-state index contributed by atoms with van der Waals surface area (Å²) < 4.78 is 10.6. The average Bonchev–Trinajstić information content (AvgIpc) is 3.01. The van der Waals surface area contributed by atoms with Crippen molar-refractivity contribution in [2.24, 2.45) is 5.92 Å². The van der Waals surface area contributed by atoms with Crippen molar-refractivity contribution in [2.45, 2.75) is 19.5 Å². The van der Waals surface area contributed by atoms with Gasteiger partial charge in [-0.05, 0) is 31.7 Å². The van der Waals surface area contributed by atoms with Crippen LogP contribution in [0.2, 0.25) is 0 Å². The summed E-state index contributed by atoms with van der Waals surface area (Å²) in [5.74, 6) is 0.894. The van der Waals surface area contributed by atoms with E-state index in [1.165, 1.54) is 0 Å². The molecule has 0 aliphatic carbocycles. The van der Waals surface area contributed by atoms with Crippen LogP contribution >= 0.6 is 0 Å². The van der Waals surface area contributed by atoms with E-state index in [2.05, 4.69) is 5.32 Å². The van der Waals surface area contributed by atoms with Crippen LogP contribution in [0.15, 0.2) is 24.3 Å². The fourth-order valence-corrected chi connectivity index (χ4v) is 2.61. The summed E-state index contributed by atoms with van der Waals surface area (Å²) >= 11 is 0. The van der Waals surface area contributed by atoms with Crippen LogP contribution in [0.4, 0.5) is 0 Å². The Bertz CT molecular complexity index is 461. The number of methoxy groups -OCH3 is 1. The van der Waals surface area contributed by atoms with Gasteiger partial charge in [0.1, 0.15) is 5.75 Å². The van der Waals surface area contributed by atoms with Crippen molar-refractivity contribution in [1.29, 1.82) is 0 Å². The molecule has 1 aliphatic heterocycles. The first-order valence-corrected chi connectivity index (χ1v) is 7.36. The first-order valence-electron chi connectivity index (χ1n) is 7.36. The number of rotatable bonds is 6. The van der Waals surface area contributed by atoms with Crippen LogP contribution in [0, 0.1) is 5.92 Å². The zero-order chi connectivity index (χ0) is 15.2. The minimum atomic E-state index is -0.0896. The maximum Gasteiger partial charge on any atom is 0.229 e. The second-order valence-corrected chi connectivity index (χ2v) is 5.24. The second kappa shape index (κ2) is 7.43. The quantitative estimate of drug-likeness (QED) is 0.858. The van der Waals surface area contributed by atoms with Crippen molar-refractivity contribution < 1.29 is 14.3 Å². The van der Waals surface area contributed by atoms with Gasteiger partial charge < -0.3 is 19.7 Å². The number of carbonyl (C=O) groups is 1. The zero-order valence-electron chi connectivity index (χ0n) is 13.0. The lowest BCUT2D eigenvalue weighted by atomic mass is 10.0. The van der Waals surface area contributed by atoms with Gasteiger partial charge in [-0.25, -0.2) is 0 Å². The number of carbonyl (C=O) groups excluding carboxylic acids is 1. The van der Waals surface area contributed by atoms with Gasteiger partial charge in [-0.1, -0.05) is 12.1 Å². The molecule has 0 bridgehead atoms. The van der Waals surface area contributed by atoms with Crippen LogP contribution < -0.4 is 10.1 Å². The summed E-state index contributed by atoms with van der Waals surface area (Å²) in [6, 6.07) is 7.94. The average molecular weight is 292 g/mol. The Morgan fingerprint density at radius 2 is 2.10 bits per heavy atom. The molecule has 2 atom stereocenters. The van der Waals surface area contributed by atoms with Crippen molar-refractivity contribution in [1.82, 2.24) is 10.2 Å². The molecule has 0 saturated carbocycles. The van der Waals surface area contributed by atoms with Gasteiger partial charge >= 0.3 is 0 Å². The fraction of sp³-hybridized carbons (Fsp3) is 0.562. The number of nitrogens with one attached hydrogen (secondary N) is 1. The van der Waals surface area contributed by atoms with Crippen molar-refractivity contribution in [3.05, 3.63) is 29.8 Å². The van der Waals surface area contributed by atoms with E-state index in [-0.39, 0.29) is 17.9 Å². The van der Waals surface area contributed by atoms with Gasteiger partial charge in [0.25, 0.3) is 0 Å². The first kappa shape index (κ1) is 15.8. The van der Waals surface area contributed by atoms with Crippen LogP contribution in [0.1, 0.15) is 12.5 Å². The largest absolute Gasteiger partial charge is 0.497 e. The number of hydrogen-bond donors (Lipinski definition) is 1. The summed E-state index contributed by atoms with van der Waals surface area (Å²) in [7, 11) is 3.52. The van der Waals surface area contributed by atoms with Gasteiger partial charge in [-0.3, -0.25) is 4.79 Å². The lowest BCUT2D eigenvalue weighted by molar-refractivity contribution is -0.136. The molecule has 1 saturated heterocycles. The Balaban J connectivity index is 2.02. The Morgan fingerprint density at radius 1 is 1.38 bits per heavy atom. The second-order valence-electron chi connectivity index (χ2n) is 5.24. The predicted octanol–water partition coefficient (Wildman–Crippen LogP) is 1.28. The van der Waals surface area contributed by atoms with Crippen LogP contribution in [-0.2, 0) is 16.1 Å². The molecule has 21 heavy (non-hydrogen) atoms. The highest BCUT2D eigenvalue weighted by Gasteiger charge is 2.35. The topological polar surface area (TPSA) is 50.8 Å². The monoisotopic (exact) mass is 292 g/mol. The zero-order valence-corrected chi connectivity index (χ0v) is 13.0. The molecule has 1 heterocycles. The summed E-state index contributed by atoms with van der Waals surface area (Å²) in [4.78, 5) is 14.5. The standard InChI is InChI=1S/C16H24N2O3/c1-4-18(9-12-5-7-13(20-3)8-6-12)16(19)14-10-21-11-15(14)17-2/h5-8,14-15,17H,4,9-11H2,1-3H3. The minimum absolute atomic E-state index is 0.0896. The molecule has 2 rings (SSSR count). The molecule has 0 spiro atoms. The van der Waals surface area contributed by atoms with Gasteiger partial charge in [0, 0.05) is 19.1 Å². The van der Waals surface area contributed by atoms with Crippen LogP contribution in [0.25, 0.3) is 0 Å². The predicted molar refractivity (Wildman–Crippen MR) is 81.2 cm³/mol. The summed E-state index contributed by atoms with van der Waals surface area (Å²) in [5.41, 5.74) is 1.10. The molecule has 1 fully saturated rings. The third kappa shape index (κ3) is 3.74. The number of likely N-dealkylation sites (N-methyl/N-ethyl adjacent to an activating group) is 1. The van der Waals surface area contributed by atoms with E-state index in [9.17, 15) is 4.79 Å². The lowest BCUT2D eigenvalue weighted by Gasteiger charge is -2.26. The molecule has 1 N–H and O–H groups in total. The van der Waals surface area contributed by atoms with E-state index in [0.29, 0.717) is 26.3 Å². The first-order chi connectivity index (χ1) is 10.2. The fourth-order valence-electron chi connectivity index (χ4n) is 2.61. The Morgan fingerprint density at radius 3 is 2.67 bits per heavy atom. The molecule has 0 radical (unpaired) electrons. The molecule has 5 nitrogen and oxygen atoms in total. The molecule has 0 aromatic heterocycles. The third-order valence-electron chi connectivity index (χ3n) is 3.99. The number of amides is 1. The van der Waals surface area contributed by atoms with Gasteiger partial charge in [-0.2, -0.15) is 0 Å². The molecule has 2 unspecified atom stereocenters. The number of nitrogens with zero attached hydrogens (tertiary/aromatic N) is 1. The normalized spacial score (nSPS) is 21.3. The molecule has 1 aliphatic rings. The lowest BCUT2D eigenvalue weighted by Crippen LogP contribution is -2.44. The molecule has 1 aromatic carbocycles. The van der Waals surface area contributed by atoms with Crippen molar-refractivity contribution in [3.8, 4) is 5.75 Å². The van der Waals surface area contributed by atoms with E-state index < -0.39 is 0 Å². The number of hydrogen-bond acceptors (Lipinski definition) is 4. The van der Waals surface area contributed by atoms with Gasteiger partial charge in [0.15, 0.2) is 0 Å². The van der Waals surface area contributed by atoms with Gasteiger partial charge in [0.05, 0.1) is 26.2 Å². The Hall–Kier alpha value is -1.59. The minimum Gasteiger partial charge on any atom is -0.497 e. The SMILES string of the molecule is CCN(Cc1ccc(OC)cc1)C(=O)C1COCC1NC. The van der Waals surface area contributed by atoms with E-state index in [0.717, 1.165) is 11.3 Å². The smallest absolute Gasteiger partial charge is 0.229 e. The van der Waals surface area contributed by atoms with E-state index in [1.54, 1.807) is 7.11 Å². The molecular formula is C16H24N2O3.